The van der Waals surface area contributed by atoms with E-state index in [-0.39, 0.29) is 18.1 Å². The second-order valence-electron chi connectivity index (χ2n) is 6.55. The molecule has 1 aromatic carbocycles. The second kappa shape index (κ2) is 8.56. The van der Waals surface area contributed by atoms with Crippen molar-refractivity contribution in [3.8, 4) is 0 Å². The number of Topliss-reactive ketones (excluding diaryl/α,β-unsaturated/α-hetero) is 1. The fourth-order valence-electron chi connectivity index (χ4n) is 3.02. The van der Waals surface area contributed by atoms with E-state index in [1.54, 1.807) is 50.6 Å². The molecule has 0 bridgehead atoms. The first kappa shape index (κ1) is 20.7. The number of aromatic nitrogens is 2. The van der Waals surface area contributed by atoms with Gasteiger partial charge in [0.15, 0.2) is 12.4 Å². The molecule has 0 fully saturated rings. The number of rotatable bonds is 8. The summed E-state index contributed by atoms with van der Waals surface area (Å²) in [5, 5.41) is 0. The van der Waals surface area contributed by atoms with Gasteiger partial charge in [0.1, 0.15) is 6.54 Å². The highest BCUT2D eigenvalue weighted by Gasteiger charge is 2.28. The van der Waals surface area contributed by atoms with Crippen LogP contribution in [0.5, 0.6) is 0 Å². The van der Waals surface area contributed by atoms with E-state index < -0.39 is 22.6 Å². The number of carbonyl (C=O) groups excluding carboxylic acids is 2. The lowest BCUT2D eigenvalue weighted by molar-refractivity contribution is -0.140. The third kappa shape index (κ3) is 4.70. The van der Waals surface area contributed by atoms with E-state index in [1.807, 2.05) is 0 Å². The number of nitrogens with zero attached hydrogens (tertiary/aromatic N) is 4. The Morgan fingerprint density at radius 3 is 2.66 bits per heavy atom. The minimum Gasteiger partial charge on any atom is -0.456 e. The number of hydrogen-bond donors (Lipinski definition) is 0. The summed E-state index contributed by atoms with van der Waals surface area (Å²) >= 11 is 0. The highest BCUT2D eigenvalue weighted by Crippen LogP contribution is 2.31. The minimum absolute atomic E-state index is 0.0194. The largest absolute Gasteiger partial charge is 0.456 e. The number of benzene rings is 1. The lowest BCUT2D eigenvalue weighted by atomic mass is 10.1. The lowest BCUT2D eigenvalue weighted by Gasteiger charge is -2.18. The summed E-state index contributed by atoms with van der Waals surface area (Å²) in [6.45, 7) is 1.48. The van der Waals surface area contributed by atoms with E-state index in [0.29, 0.717) is 30.2 Å². The SMILES string of the molecule is CCS(=O)(=O)N1CCc2cc(C(=O)COC(=O)CN(C)c3ncccn3)ccc21. The first-order chi connectivity index (χ1) is 13.8. The Morgan fingerprint density at radius 2 is 1.97 bits per heavy atom. The fourth-order valence-corrected chi connectivity index (χ4v) is 4.18. The number of hydrogen-bond acceptors (Lipinski definition) is 8. The van der Waals surface area contributed by atoms with Crippen LogP contribution in [0.4, 0.5) is 11.6 Å². The van der Waals surface area contributed by atoms with Gasteiger partial charge in [-0.05, 0) is 43.2 Å². The van der Waals surface area contributed by atoms with E-state index in [1.165, 1.54) is 9.21 Å². The smallest absolute Gasteiger partial charge is 0.326 e. The summed E-state index contributed by atoms with van der Waals surface area (Å²) in [5.74, 6) is -0.529. The number of sulfonamides is 1. The van der Waals surface area contributed by atoms with Crippen LogP contribution >= 0.6 is 0 Å². The molecule has 3 rings (SSSR count). The van der Waals surface area contributed by atoms with Crippen LogP contribution in [0, 0.1) is 0 Å². The predicted octanol–water partition coefficient (Wildman–Crippen LogP) is 1.05. The monoisotopic (exact) mass is 418 g/mol. The van der Waals surface area contributed by atoms with Crippen LogP contribution in [-0.4, -0.2) is 62.6 Å². The average molecular weight is 418 g/mol. The van der Waals surface area contributed by atoms with Gasteiger partial charge in [0.2, 0.25) is 16.0 Å². The average Bonchev–Trinajstić information content (AvgIpc) is 3.16. The lowest BCUT2D eigenvalue weighted by Crippen LogP contribution is -2.30. The van der Waals surface area contributed by atoms with Crippen molar-refractivity contribution < 1.29 is 22.7 Å². The van der Waals surface area contributed by atoms with Crippen molar-refractivity contribution in [1.29, 1.82) is 0 Å². The number of esters is 1. The summed E-state index contributed by atoms with van der Waals surface area (Å²) < 4.78 is 30.7. The molecule has 29 heavy (non-hydrogen) atoms. The zero-order valence-electron chi connectivity index (χ0n) is 16.2. The molecular formula is C19H22N4O5S. The molecule has 154 valence electrons. The van der Waals surface area contributed by atoms with Crippen molar-refractivity contribution in [2.75, 3.05) is 41.7 Å². The number of carbonyl (C=O) groups is 2. The molecule has 0 saturated carbocycles. The van der Waals surface area contributed by atoms with Gasteiger partial charge in [0.25, 0.3) is 0 Å². The van der Waals surface area contributed by atoms with Crippen molar-refractivity contribution in [1.82, 2.24) is 9.97 Å². The summed E-state index contributed by atoms with van der Waals surface area (Å²) in [6, 6.07) is 6.52. The van der Waals surface area contributed by atoms with Crippen LogP contribution in [0.15, 0.2) is 36.7 Å². The summed E-state index contributed by atoms with van der Waals surface area (Å²) in [6.07, 6.45) is 3.67. The molecule has 10 heteroatoms. The van der Waals surface area contributed by atoms with Crippen LogP contribution in [0.2, 0.25) is 0 Å². The zero-order chi connectivity index (χ0) is 21.0. The van der Waals surface area contributed by atoms with Crippen molar-refractivity contribution >= 4 is 33.4 Å². The molecule has 0 spiro atoms. The molecule has 0 atom stereocenters. The fraction of sp³-hybridized carbons (Fsp3) is 0.368. The Labute approximate surface area is 169 Å². The van der Waals surface area contributed by atoms with Gasteiger partial charge < -0.3 is 9.64 Å². The van der Waals surface area contributed by atoms with E-state index in [2.05, 4.69) is 9.97 Å². The van der Waals surface area contributed by atoms with Gasteiger partial charge in [0.05, 0.1) is 11.4 Å². The molecule has 1 aliphatic heterocycles. The highest BCUT2D eigenvalue weighted by molar-refractivity contribution is 7.92. The molecule has 9 nitrogen and oxygen atoms in total. The van der Waals surface area contributed by atoms with Crippen LogP contribution in [0.3, 0.4) is 0 Å². The Hall–Kier alpha value is -3.01. The standard InChI is InChI=1S/C19H22N4O5S/c1-3-29(26,27)23-10-7-14-11-15(5-6-16(14)23)17(24)13-28-18(25)12-22(2)19-20-8-4-9-21-19/h4-6,8-9,11H,3,7,10,12-13H2,1-2H3. The van der Waals surface area contributed by atoms with Crippen molar-refractivity contribution in [2.24, 2.45) is 0 Å². The number of fused-ring (bicyclic) bond motifs is 1. The van der Waals surface area contributed by atoms with E-state index in [4.69, 9.17) is 4.74 Å². The zero-order valence-corrected chi connectivity index (χ0v) is 17.1. The maximum Gasteiger partial charge on any atom is 0.326 e. The van der Waals surface area contributed by atoms with Crippen LogP contribution < -0.4 is 9.21 Å². The number of likely N-dealkylation sites (N-methyl/N-ethyl adjacent to an activating group) is 1. The third-order valence-electron chi connectivity index (χ3n) is 4.58. The second-order valence-corrected chi connectivity index (χ2v) is 8.74. The number of ketones is 1. The van der Waals surface area contributed by atoms with Crippen molar-refractivity contribution in [3.63, 3.8) is 0 Å². The predicted molar refractivity (Wildman–Crippen MR) is 108 cm³/mol. The minimum atomic E-state index is -3.34. The Kier molecular flexibility index (Phi) is 6.12. The Morgan fingerprint density at radius 1 is 1.24 bits per heavy atom. The number of anilines is 2. The number of ether oxygens (including phenoxy) is 1. The van der Waals surface area contributed by atoms with Gasteiger partial charge in [0, 0.05) is 31.5 Å². The van der Waals surface area contributed by atoms with Gasteiger partial charge >= 0.3 is 5.97 Å². The molecule has 2 aromatic rings. The molecule has 2 heterocycles. The maximum absolute atomic E-state index is 12.4. The molecule has 0 N–H and O–H groups in total. The first-order valence-corrected chi connectivity index (χ1v) is 10.7. The van der Waals surface area contributed by atoms with Gasteiger partial charge in [-0.25, -0.2) is 18.4 Å². The van der Waals surface area contributed by atoms with Gasteiger partial charge in [-0.2, -0.15) is 0 Å². The van der Waals surface area contributed by atoms with Crippen LogP contribution in [0.25, 0.3) is 0 Å². The summed E-state index contributed by atoms with van der Waals surface area (Å²) in [4.78, 5) is 34.0. The highest BCUT2D eigenvalue weighted by atomic mass is 32.2. The van der Waals surface area contributed by atoms with Crippen LogP contribution in [-0.2, 0) is 26.0 Å². The van der Waals surface area contributed by atoms with Crippen molar-refractivity contribution in [3.05, 3.63) is 47.8 Å². The van der Waals surface area contributed by atoms with E-state index >= 15 is 0 Å². The van der Waals surface area contributed by atoms with Gasteiger partial charge in [-0.1, -0.05) is 0 Å². The molecular weight excluding hydrogens is 396 g/mol. The quantitative estimate of drug-likeness (QED) is 0.462. The van der Waals surface area contributed by atoms with Crippen LogP contribution in [0.1, 0.15) is 22.8 Å². The topological polar surface area (TPSA) is 110 Å². The molecule has 0 unspecified atom stereocenters. The molecule has 0 saturated heterocycles. The van der Waals surface area contributed by atoms with E-state index in [0.717, 1.165) is 5.56 Å². The summed E-state index contributed by atoms with van der Waals surface area (Å²) in [7, 11) is -1.69. The molecule has 0 aliphatic carbocycles. The Bertz CT molecular complexity index is 1010. The third-order valence-corrected chi connectivity index (χ3v) is 6.36. The van der Waals surface area contributed by atoms with E-state index in [9.17, 15) is 18.0 Å². The molecule has 1 aromatic heterocycles. The molecule has 0 amide bonds. The first-order valence-electron chi connectivity index (χ1n) is 9.12. The molecule has 1 aliphatic rings. The van der Waals surface area contributed by atoms with Gasteiger partial charge in [-0.3, -0.25) is 13.9 Å². The summed E-state index contributed by atoms with van der Waals surface area (Å²) in [5.41, 5.74) is 1.78. The normalized spacial score (nSPS) is 13.1. The van der Waals surface area contributed by atoms with Gasteiger partial charge in [-0.15, -0.1) is 0 Å². The molecule has 0 radical (unpaired) electrons. The Balaban J connectivity index is 1.58. The maximum atomic E-state index is 12.4. The van der Waals surface area contributed by atoms with Crippen molar-refractivity contribution in [2.45, 2.75) is 13.3 Å².